The highest BCUT2D eigenvalue weighted by Gasteiger charge is 2.17. The van der Waals surface area contributed by atoms with E-state index in [1.807, 2.05) is 0 Å². The zero-order valence-corrected chi connectivity index (χ0v) is 9.15. The van der Waals surface area contributed by atoms with Gasteiger partial charge in [-0.3, -0.25) is 0 Å². The van der Waals surface area contributed by atoms with E-state index < -0.39 is 0 Å². The summed E-state index contributed by atoms with van der Waals surface area (Å²) < 4.78 is 21.8. The summed E-state index contributed by atoms with van der Waals surface area (Å²) in [4.78, 5) is 0. The molecule has 2 saturated heterocycles. The highest BCUT2D eigenvalue weighted by Crippen LogP contribution is 2.13. The van der Waals surface area contributed by atoms with Gasteiger partial charge in [0, 0.05) is 0 Å². The van der Waals surface area contributed by atoms with Crippen LogP contribution in [0.1, 0.15) is 19.3 Å². The molecule has 4 nitrogen and oxygen atoms in total. The van der Waals surface area contributed by atoms with E-state index in [0.29, 0.717) is 12.2 Å². The molecule has 0 bridgehead atoms. The van der Waals surface area contributed by atoms with Crippen molar-refractivity contribution in [2.75, 3.05) is 39.6 Å². The maximum atomic E-state index is 5.57. The Balaban J connectivity index is 1.53. The average molecular weight is 216 g/mol. The largest absolute Gasteiger partial charge is 0.376 e. The first-order chi connectivity index (χ1) is 7.45. The molecule has 4 heteroatoms. The molecule has 0 aromatic rings. The monoisotopic (exact) mass is 216 g/mol. The van der Waals surface area contributed by atoms with E-state index in [0.717, 1.165) is 58.9 Å². The van der Waals surface area contributed by atoms with Crippen molar-refractivity contribution in [1.29, 1.82) is 0 Å². The molecular weight excluding hydrogens is 196 g/mol. The second-order valence-corrected chi connectivity index (χ2v) is 4.07. The van der Waals surface area contributed by atoms with E-state index in [1.54, 1.807) is 0 Å². The van der Waals surface area contributed by atoms with E-state index in [9.17, 15) is 0 Å². The lowest BCUT2D eigenvalue weighted by atomic mass is 10.1. The van der Waals surface area contributed by atoms with Crippen molar-refractivity contribution in [2.24, 2.45) is 0 Å². The van der Waals surface area contributed by atoms with Crippen LogP contribution in [0.25, 0.3) is 0 Å². The van der Waals surface area contributed by atoms with Gasteiger partial charge in [0.2, 0.25) is 0 Å². The van der Waals surface area contributed by atoms with Crippen molar-refractivity contribution in [1.82, 2.24) is 0 Å². The smallest absolute Gasteiger partial charge is 0.0809 e. The Bertz CT molecular complexity index is 144. The molecule has 0 spiro atoms. The quantitative estimate of drug-likeness (QED) is 0.702. The average Bonchev–Trinajstić information content (AvgIpc) is 2.32. The Morgan fingerprint density at radius 2 is 1.27 bits per heavy atom. The Morgan fingerprint density at radius 3 is 1.67 bits per heavy atom. The second kappa shape index (κ2) is 6.43. The van der Waals surface area contributed by atoms with Gasteiger partial charge in [0.25, 0.3) is 0 Å². The zero-order valence-electron chi connectivity index (χ0n) is 9.15. The van der Waals surface area contributed by atoms with Gasteiger partial charge >= 0.3 is 0 Å². The summed E-state index contributed by atoms with van der Waals surface area (Å²) in [6.07, 6.45) is 3.86. The van der Waals surface area contributed by atoms with Gasteiger partial charge in [-0.2, -0.15) is 0 Å². The van der Waals surface area contributed by atoms with Crippen molar-refractivity contribution in [3.05, 3.63) is 0 Å². The minimum Gasteiger partial charge on any atom is -0.376 e. The van der Waals surface area contributed by atoms with Gasteiger partial charge in [-0.1, -0.05) is 0 Å². The van der Waals surface area contributed by atoms with Crippen LogP contribution in [0.4, 0.5) is 0 Å². The van der Waals surface area contributed by atoms with Crippen LogP contribution < -0.4 is 0 Å². The van der Waals surface area contributed by atoms with E-state index in [-0.39, 0.29) is 0 Å². The van der Waals surface area contributed by atoms with Gasteiger partial charge in [0.05, 0.1) is 51.8 Å². The number of rotatable bonds is 4. The standard InChI is InChI=1S/C11H20O4/c1(2-10-8-12-4-6-14-10)3-11-9-13-5-7-15-11/h10-11H,1-9H2/t10-,11+. The van der Waals surface area contributed by atoms with Gasteiger partial charge in [0.1, 0.15) is 0 Å². The highest BCUT2D eigenvalue weighted by atomic mass is 16.6. The molecular formula is C11H20O4. The maximum absolute atomic E-state index is 5.57. The molecule has 0 aromatic heterocycles. The van der Waals surface area contributed by atoms with Gasteiger partial charge in [-0.25, -0.2) is 0 Å². The van der Waals surface area contributed by atoms with Gasteiger partial charge in [-0.05, 0) is 19.3 Å². The summed E-state index contributed by atoms with van der Waals surface area (Å²) in [5, 5.41) is 0. The molecule has 2 heterocycles. The lowest BCUT2D eigenvalue weighted by Crippen LogP contribution is -2.30. The van der Waals surface area contributed by atoms with Crippen LogP contribution in [0.5, 0.6) is 0 Å². The lowest BCUT2D eigenvalue weighted by Gasteiger charge is -2.25. The van der Waals surface area contributed by atoms with Crippen molar-refractivity contribution in [2.45, 2.75) is 31.5 Å². The Morgan fingerprint density at radius 1 is 0.733 bits per heavy atom. The number of ether oxygens (including phenoxy) is 4. The summed E-state index contributed by atoms with van der Waals surface area (Å²) in [6, 6.07) is 0. The molecule has 0 N–H and O–H groups in total. The molecule has 0 amide bonds. The Kier molecular flexibility index (Phi) is 4.86. The SMILES string of the molecule is C(C[C@@H]1COCCO1)C[C@H]1COCCO1. The van der Waals surface area contributed by atoms with Gasteiger partial charge in [-0.15, -0.1) is 0 Å². The molecule has 0 aliphatic carbocycles. The van der Waals surface area contributed by atoms with Crippen LogP contribution in [0.15, 0.2) is 0 Å². The molecule has 2 aliphatic heterocycles. The molecule has 2 fully saturated rings. The molecule has 88 valence electrons. The summed E-state index contributed by atoms with van der Waals surface area (Å²) in [7, 11) is 0. The van der Waals surface area contributed by atoms with Crippen molar-refractivity contribution in [3.8, 4) is 0 Å². The van der Waals surface area contributed by atoms with E-state index in [4.69, 9.17) is 18.9 Å². The number of hydrogen-bond donors (Lipinski definition) is 0. The van der Waals surface area contributed by atoms with Crippen molar-refractivity contribution in [3.63, 3.8) is 0 Å². The summed E-state index contributed by atoms with van der Waals surface area (Å²) in [5.41, 5.74) is 0. The van der Waals surface area contributed by atoms with Crippen molar-refractivity contribution < 1.29 is 18.9 Å². The lowest BCUT2D eigenvalue weighted by molar-refractivity contribution is -0.102. The normalized spacial score (nSPS) is 32.8. The van der Waals surface area contributed by atoms with E-state index >= 15 is 0 Å². The Labute approximate surface area is 90.8 Å². The summed E-state index contributed by atoms with van der Waals surface area (Å²) in [5.74, 6) is 0. The van der Waals surface area contributed by atoms with Crippen LogP contribution >= 0.6 is 0 Å². The molecule has 0 unspecified atom stereocenters. The third-order valence-corrected chi connectivity index (χ3v) is 2.82. The first-order valence-corrected chi connectivity index (χ1v) is 5.84. The summed E-state index contributed by atoms with van der Waals surface area (Å²) >= 11 is 0. The zero-order chi connectivity index (χ0) is 10.3. The predicted molar refractivity (Wildman–Crippen MR) is 55.0 cm³/mol. The minimum absolute atomic E-state index is 0.295. The molecule has 0 radical (unpaired) electrons. The highest BCUT2D eigenvalue weighted by molar-refractivity contribution is 4.65. The molecule has 2 atom stereocenters. The molecule has 0 saturated carbocycles. The summed E-state index contributed by atoms with van der Waals surface area (Å²) in [6.45, 7) is 4.48. The van der Waals surface area contributed by atoms with Crippen LogP contribution in [0.3, 0.4) is 0 Å². The van der Waals surface area contributed by atoms with Crippen LogP contribution in [-0.4, -0.2) is 51.8 Å². The topological polar surface area (TPSA) is 36.9 Å². The first kappa shape index (κ1) is 11.3. The predicted octanol–water partition coefficient (Wildman–Crippen LogP) is 0.987. The van der Waals surface area contributed by atoms with Gasteiger partial charge in [0.15, 0.2) is 0 Å². The minimum atomic E-state index is 0.295. The molecule has 2 rings (SSSR count). The molecule has 15 heavy (non-hydrogen) atoms. The molecule has 0 aromatic carbocycles. The third-order valence-electron chi connectivity index (χ3n) is 2.82. The van der Waals surface area contributed by atoms with E-state index in [1.165, 1.54) is 0 Å². The fourth-order valence-corrected chi connectivity index (χ4v) is 1.98. The Hall–Kier alpha value is -0.160. The van der Waals surface area contributed by atoms with Crippen LogP contribution in [0, 0.1) is 0 Å². The van der Waals surface area contributed by atoms with E-state index in [2.05, 4.69) is 0 Å². The maximum Gasteiger partial charge on any atom is 0.0809 e. The fraction of sp³-hybridized carbons (Fsp3) is 1.00. The third kappa shape index (κ3) is 4.07. The van der Waals surface area contributed by atoms with Crippen molar-refractivity contribution >= 4 is 0 Å². The molecule has 2 aliphatic rings. The second-order valence-electron chi connectivity index (χ2n) is 4.07. The van der Waals surface area contributed by atoms with Crippen LogP contribution in [-0.2, 0) is 18.9 Å². The fourth-order valence-electron chi connectivity index (χ4n) is 1.98. The van der Waals surface area contributed by atoms with Crippen LogP contribution in [0.2, 0.25) is 0 Å². The first-order valence-electron chi connectivity index (χ1n) is 5.84. The number of hydrogen-bond acceptors (Lipinski definition) is 4. The van der Waals surface area contributed by atoms with Gasteiger partial charge < -0.3 is 18.9 Å².